The molecule has 1 aliphatic rings. The lowest BCUT2D eigenvalue weighted by Gasteiger charge is -2.15. The SMILES string of the molecule is C[C@H](Sc1nc2ccccc2c(=O)n1C)C(=O)NCCC1=CCCCC1. The number of allylic oxidation sites excluding steroid dienone is 1. The molecule has 0 bridgehead atoms. The van der Waals surface area contributed by atoms with E-state index in [9.17, 15) is 9.59 Å². The summed E-state index contributed by atoms with van der Waals surface area (Å²) in [5, 5.41) is 3.85. The molecule has 0 fully saturated rings. The van der Waals surface area contributed by atoms with Gasteiger partial charge in [-0.2, -0.15) is 0 Å². The summed E-state index contributed by atoms with van der Waals surface area (Å²) < 4.78 is 1.52. The first kappa shape index (κ1) is 18.7. The van der Waals surface area contributed by atoms with Crippen LogP contribution >= 0.6 is 11.8 Å². The predicted octanol–water partition coefficient (Wildman–Crippen LogP) is 3.42. The van der Waals surface area contributed by atoms with Crippen LogP contribution in [0.25, 0.3) is 10.9 Å². The molecule has 1 amide bonds. The van der Waals surface area contributed by atoms with Crippen LogP contribution in [0.3, 0.4) is 0 Å². The minimum Gasteiger partial charge on any atom is -0.355 e. The zero-order valence-electron chi connectivity index (χ0n) is 15.3. The van der Waals surface area contributed by atoms with E-state index >= 15 is 0 Å². The molecule has 1 aromatic heterocycles. The number of nitrogens with one attached hydrogen (secondary N) is 1. The molecule has 0 aliphatic heterocycles. The number of aromatic nitrogens is 2. The fourth-order valence-corrected chi connectivity index (χ4v) is 4.03. The first-order valence-corrected chi connectivity index (χ1v) is 10.0. The molecule has 0 spiro atoms. The monoisotopic (exact) mass is 371 g/mol. The Labute approximate surface area is 157 Å². The summed E-state index contributed by atoms with van der Waals surface area (Å²) in [4.78, 5) is 29.4. The molecule has 138 valence electrons. The minimum absolute atomic E-state index is 0.0196. The van der Waals surface area contributed by atoms with Crippen molar-refractivity contribution in [3.8, 4) is 0 Å². The largest absolute Gasteiger partial charge is 0.355 e. The molecule has 1 atom stereocenters. The van der Waals surface area contributed by atoms with Gasteiger partial charge < -0.3 is 5.32 Å². The fraction of sp³-hybridized carbons (Fsp3) is 0.450. The number of rotatable bonds is 6. The van der Waals surface area contributed by atoms with Gasteiger partial charge in [-0.3, -0.25) is 14.2 Å². The van der Waals surface area contributed by atoms with Gasteiger partial charge in [0.2, 0.25) is 5.91 Å². The molecule has 26 heavy (non-hydrogen) atoms. The zero-order chi connectivity index (χ0) is 18.5. The third-order valence-corrected chi connectivity index (χ3v) is 5.87. The van der Waals surface area contributed by atoms with Crippen molar-refractivity contribution in [2.75, 3.05) is 6.54 Å². The summed E-state index contributed by atoms with van der Waals surface area (Å²) in [6, 6.07) is 7.29. The van der Waals surface area contributed by atoms with Crippen LogP contribution in [0.2, 0.25) is 0 Å². The lowest BCUT2D eigenvalue weighted by molar-refractivity contribution is -0.120. The highest BCUT2D eigenvalue weighted by molar-refractivity contribution is 8.00. The van der Waals surface area contributed by atoms with Gasteiger partial charge in [-0.1, -0.05) is 35.5 Å². The molecule has 0 unspecified atom stereocenters. The molecular weight excluding hydrogens is 346 g/mol. The smallest absolute Gasteiger partial charge is 0.261 e. The van der Waals surface area contributed by atoms with E-state index < -0.39 is 0 Å². The Balaban J connectivity index is 1.62. The van der Waals surface area contributed by atoms with Crippen molar-refractivity contribution >= 4 is 28.6 Å². The second-order valence-corrected chi connectivity index (χ2v) is 7.99. The van der Waals surface area contributed by atoms with Crippen molar-refractivity contribution in [1.82, 2.24) is 14.9 Å². The minimum atomic E-state index is -0.311. The predicted molar refractivity (Wildman–Crippen MR) is 106 cm³/mol. The summed E-state index contributed by atoms with van der Waals surface area (Å²) in [5.41, 5.74) is 2.03. The molecule has 0 saturated carbocycles. The lowest BCUT2D eigenvalue weighted by atomic mass is 9.97. The number of nitrogens with zero attached hydrogens (tertiary/aromatic N) is 2. The van der Waals surface area contributed by atoms with Crippen LogP contribution in [0, 0.1) is 0 Å². The number of fused-ring (bicyclic) bond motifs is 1. The molecule has 6 heteroatoms. The van der Waals surface area contributed by atoms with Gasteiger partial charge in [0.05, 0.1) is 16.2 Å². The van der Waals surface area contributed by atoms with Crippen molar-refractivity contribution in [3.05, 3.63) is 46.3 Å². The van der Waals surface area contributed by atoms with E-state index in [4.69, 9.17) is 0 Å². The maximum absolute atomic E-state index is 12.5. The summed E-state index contributed by atoms with van der Waals surface area (Å²) >= 11 is 1.32. The molecule has 2 aromatic rings. The number of thioether (sulfide) groups is 1. The van der Waals surface area contributed by atoms with E-state index in [1.54, 1.807) is 13.1 Å². The van der Waals surface area contributed by atoms with E-state index in [0.717, 1.165) is 19.3 Å². The second kappa shape index (κ2) is 8.54. The highest BCUT2D eigenvalue weighted by Crippen LogP contribution is 2.22. The summed E-state index contributed by atoms with van der Waals surface area (Å²) in [7, 11) is 1.70. The topological polar surface area (TPSA) is 64.0 Å². The number of carbonyl (C=O) groups is 1. The number of carbonyl (C=O) groups excluding carboxylic acids is 1. The molecule has 0 radical (unpaired) electrons. The van der Waals surface area contributed by atoms with Crippen LogP contribution in [0.5, 0.6) is 0 Å². The van der Waals surface area contributed by atoms with Gasteiger partial charge in [-0.05, 0) is 51.2 Å². The summed E-state index contributed by atoms with van der Waals surface area (Å²) in [6.07, 6.45) is 8.09. The Kier molecular flexibility index (Phi) is 6.14. The van der Waals surface area contributed by atoms with Crippen LogP contribution in [0.1, 0.15) is 39.0 Å². The van der Waals surface area contributed by atoms with Crippen LogP contribution < -0.4 is 10.9 Å². The molecule has 1 N–H and O–H groups in total. The van der Waals surface area contributed by atoms with Gasteiger partial charge in [-0.25, -0.2) is 4.98 Å². The van der Waals surface area contributed by atoms with E-state index in [0.29, 0.717) is 22.6 Å². The Morgan fingerprint density at radius 1 is 1.35 bits per heavy atom. The van der Waals surface area contributed by atoms with Crippen LogP contribution in [-0.4, -0.2) is 27.3 Å². The quantitative estimate of drug-likeness (QED) is 0.480. The van der Waals surface area contributed by atoms with Crippen molar-refractivity contribution in [2.45, 2.75) is 49.4 Å². The zero-order valence-corrected chi connectivity index (χ0v) is 16.1. The van der Waals surface area contributed by atoms with Gasteiger partial charge in [0.15, 0.2) is 5.16 Å². The molecule has 5 nitrogen and oxygen atoms in total. The van der Waals surface area contributed by atoms with Gasteiger partial charge in [0.25, 0.3) is 5.56 Å². The van der Waals surface area contributed by atoms with Crippen LogP contribution in [-0.2, 0) is 11.8 Å². The van der Waals surface area contributed by atoms with E-state index in [-0.39, 0.29) is 16.7 Å². The first-order valence-electron chi connectivity index (χ1n) is 9.14. The number of para-hydroxylation sites is 1. The van der Waals surface area contributed by atoms with Crippen LogP contribution in [0.4, 0.5) is 0 Å². The number of hydrogen-bond donors (Lipinski definition) is 1. The molecule has 1 heterocycles. The third-order valence-electron chi connectivity index (χ3n) is 4.72. The van der Waals surface area contributed by atoms with Crippen molar-refractivity contribution < 1.29 is 4.79 Å². The molecule has 1 aromatic carbocycles. The Hall–Kier alpha value is -2.08. The van der Waals surface area contributed by atoms with Gasteiger partial charge >= 0.3 is 0 Å². The molecule has 3 rings (SSSR count). The number of hydrogen-bond acceptors (Lipinski definition) is 4. The Morgan fingerprint density at radius 2 is 2.15 bits per heavy atom. The Bertz CT molecular complexity index is 888. The molecule has 0 saturated heterocycles. The number of benzene rings is 1. The lowest BCUT2D eigenvalue weighted by Crippen LogP contribution is -2.32. The summed E-state index contributed by atoms with van der Waals surface area (Å²) in [5.74, 6) is -0.0196. The van der Waals surface area contributed by atoms with Crippen molar-refractivity contribution in [1.29, 1.82) is 0 Å². The van der Waals surface area contributed by atoms with E-state index in [1.807, 2.05) is 25.1 Å². The highest BCUT2D eigenvalue weighted by atomic mass is 32.2. The second-order valence-electron chi connectivity index (χ2n) is 6.68. The summed E-state index contributed by atoms with van der Waals surface area (Å²) in [6.45, 7) is 2.51. The standard InChI is InChI=1S/C20H25N3O2S/c1-14(18(24)21-13-12-15-8-4-3-5-9-15)26-20-22-17-11-7-6-10-16(17)19(25)23(20)2/h6-8,10-11,14H,3-5,9,12-13H2,1-2H3,(H,21,24)/t14-/m0/s1. The molecular formula is C20H25N3O2S. The molecule has 1 aliphatic carbocycles. The van der Waals surface area contributed by atoms with Crippen molar-refractivity contribution in [3.63, 3.8) is 0 Å². The average molecular weight is 372 g/mol. The van der Waals surface area contributed by atoms with Gasteiger partial charge in [0, 0.05) is 13.6 Å². The average Bonchev–Trinajstić information content (AvgIpc) is 2.66. The normalized spacial score (nSPS) is 15.5. The Morgan fingerprint density at radius 3 is 2.92 bits per heavy atom. The third kappa shape index (κ3) is 4.36. The van der Waals surface area contributed by atoms with E-state index in [1.165, 1.54) is 34.7 Å². The maximum atomic E-state index is 12.5. The van der Waals surface area contributed by atoms with E-state index in [2.05, 4.69) is 16.4 Å². The van der Waals surface area contributed by atoms with Crippen LogP contribution in [0.15, 0.2) is 45.9 Å². The maximum Gasteiger partial charge on any atom is 0.261 e. The van der Waals surface area contributed by atoms with Gasteiger partial charge in [0.1, 0.15) is 0 Å². The first-order chi connectivity index (χ1) is 12.6. The van der Waals surface area contributed by atoms with Crippen molar-refractivity contribution in [2.24, 2.45) is 7.05 Å². The fourth-order valence-electron chi connectivity index (χ4n) is 3.14. The highest BCUT2D eigenvalue weighted by Gasteiger charge is 2.18. The van der Waals surface area contributed by atoms with Gasteiger partial charge in [-0.15, -0.1) is 0 Å². The number of amides is 1.